The Kier molecular flexibility index (Phi) is 3.65. The quantitative estimate of drug-likeness (QED) is 0.851. The molecule has 3 heteroatoms. The Morgan fingerprint density at radius 2 is 2.19 bits per heavy atom. The number of nitrogens with one attached hydrogen (secondary N) is 1. The fraction of sp³-hybridized carbons (Fsp3) is 0.769. The molecule has 1 saturated carbocycles. The maximum atomic E-state index is 4.70. The Bertz CT molecular complexity index is 357. The minimum atomic E-state index is 0.719. The zero-order valence-electron chi connectivity index (χ0n) is 10.7. The molecule has 1 heterocycles. The molecule has 0 bridgehead atoms. The molecule has 0 aromatic carbocycles. The highest BCUT2D eigenvalue weighted by Crippen LogP contribution is 2.48. The van der Waals surface area contributed by atoms with Crippen molar-refractivity contribution in [3.8, 4) is 0 Å². The Balaban J connectivity index is 1.91. The lowest BCUT2D eigenvalue weighted by molar-refractivity contribution is 0.554. The summed E-state index contributed by atoms with van der Waals surface area (Å²) in [4.78, 5) is 6.13. The summed E-state index contributed by atoms with van der Waals surface area (Å²) < 4.78 is 0. The van der Waals surface area contributed by atoms with Crippen molar-refractivity contribution in [3.05, 3.63) is 15.6 Å². The largest absolute Gasteiger partial charge is 0.312 e. The summed E-state index contributed by atoms with van der Waals surface area (Å²) in [5, 5.41) is 4.86. The minimum Gasteiger partial charge on any atom is -0.312 e. The van der Waals surface area contributed by atoms with Crippen LogP contribution in [0, 0.1) is 18.8 Å². The van der Waals surface area contributed by atoms with E-state index in [2.05, 4.69) is 33.0 Å². The van der Waals surface area contributed by atoms with Crippen molar-refractivity contribution in [2.45, 2.75) is 46.6 Å². The number of aryl methyl sites for hydroxylation is 1. The van der Waals surface area contributed by atoms with Crippen LogP contribution in [0.3, 0.4) is 0 Å². The SMILES string of the molecule is Cc1nc(C2CC2C)sc1CNCC(C)C. The van der Waals surface area contributed by atoms with E-state index in [0.29, 0.717) is 0 Å². The normalized spacial score (nSPS) is 24.1. The highest BCUT2D eigenvalue weighted by molar-refractivity contribution is 7.11. The second-order valence-corrected chi connectivity index (χ2v) is 6.52. The van der Waals surface area contributed by atoms with Crippen LogP contribution in [0.25, 0.3) is 0 Å². The van der Waals surface area contributed by atoms with E-state index in [1.54, 1.807) is 0 Å². The lowest BCUT2D eigenvalue weighted by Gasteiger charge is -2.05. The smallest absolute Gasteiger partial charge is 0.0965 e. The molecule has 1 aliphatic rings. The second kappa shape index (κ2) is 4.84. The number of hydrogen-bond acceptors (Lipinski definition) is 3. The molecule has 1 aliphatic carbocycles. The summed E-state index contributed by atoms with van der Waals surface area (Å²) in [7, 11) is 0. The third kappa shape index (κ3) is 2.83. The van der Waals surface area contributed by atoms with Crippen molar-refractivity contribution in [1.29, 1.82) is 0 Å². The minimum absolute atomic E-state index is 0.719. The van der Waals surface area contributed by atoms with Crippen molar-refractivity contribution in [3.63, 3.8) is 0 Å². The van der Waals surface area contributed by atoms with Crippen LogP contribution >= 0.6 is 11.3 Å². The van der Waals surface area contributed by atoms with Gasteiger partial charge in [0.2, 0.25) is 0 Å². The molecule has 1 fully saturated rings. The van der Waals surface area contributed by atoms with Crippen LogP contribution in [-0.4, -0.2) is 11.5 Å². The van der Waals surface area contributed by atoms with E-state index in [0.717, 1.165) is 30.8 Å². The van der Waals surface area contributed by atoms with Gasteiger partial charge < -0.3 is 5.32 Å². The molecule has 0 radical (unpaired) electrons. The van der Waals surface area contributed by atoms with Gasteiger partial charge in [0.1, 0.15) is 0 Å². The van der Waals surface area contributed by atoms with Gasteiger partial charge in [-0.3, -0.25) is 0 Å². The molecule has 1 aromatic heterocycles. The van der Waals surface area contributed by atoms with Gasteiger partial charge in [-0.25, -0.2) is 4.98 Å². The van der Waals surface area contributed by atoms with Crippen LogP contribution in [0.4, 0.5) is 0 Å². The molecule has 1 N–H and O–H groups in total. The highest BCUT2D eigenvalue weighted by Gasteiger charge is 2.36. The number of rotatable bonds is 5. The summed E-state index contributed by atoms with van der Waals surface area (Å²) in [5.41, 5.74) is 1.23. The molecule has 2 rings (SSSR count). The van der Waals surface area contributed by atoms with Crippen molar-refractivity contribution in [2.75, 3.05) is 6.54 Å². The third-order valence-electron chi connectivity index (χ3n) is 3.17. The van der Waals surface area contributed by atoms with Crippen LogP contribution in [0.1, 0.15) is 48.7 Å². The predicted octanol–water partition coefficient (Wildman–Crippen LogP) is 3.32. The lowest BCUT2D eigenvalue weighted by Crippen LogP contribution is -2.18. The van der Waals surface area contributed by atoms with Gasteiger partial charge >= 0.3 is 0 Å². The van der Waals surface area contributed by atoms with Gasteiger partial charge in [-0.1, -0.05) is 20.8 Å². The summed E-state index contributed by atoms with van der Waals surface area (Å²) in [6.45, 7) is 11.0. The van der Waals surface area contributed by atoms with E-state index in [1.165, 1.54) is 22.0 Å². The molecular weight excluding hydrogens is 216 g/mol. The van der Waals surface area contributed by atoms with Crippen LogP contribution in [0.5, 0.6) is 0 Å². The number of thiazole rings is 1. The molecule has 0 saturated heterocycles. The molecule has 16 heavy (non-hydrogen) atoms. The van der Waals surface area contributed by atoms with Crippen LogP contribution in [0.15, 0.2) is 0 Å². The average molecular weight is 238 g/mol. The maximum Gasteiger partial charge on any atom is 0.0965 e. The van der Waals surface area contributed by atoms with Crippen molar-refractivity contribution < 1.29 is 0 Å². The van der Waals surface area contributed by atoms with E-state index in [-0.39, 0.29) is 0 Å². The van der Waals surface area contributed by atoms with E-state index in [9.17, 15) is 0 Å². The first-order valence-electron chi connectivity index (χ1n) is 6.24. The van der Waals surface area contributed by atoms with Gasteiger partial charge in [0.05, 0.1) is 10.7 Å². The highest BCUT2D eigenvalue weighted by atomic mass is 32.1. The van der Waals surface area contributed by atoms with E-state index >= 15 is 0 Å². The zero-order valence-corrected chi connectivity index (χ0v) is 11.5. The van der Waals surface area contributed by atoms with Gasteiger partial charge in [-0.05, 0) is 31.7 Å². The zero-order chi connectivity index (χ0) is 11.7. The standard InChI is InChI=1S/C13H22N2S/c1-8(2)6-14-7-12-10(4)15-13(16-12)11-5-9(11)3/h8-9,11,14H,5-7H2,1-4H3. The first-order valence-corrected chi connectivity index (χ1v) is 7.06. The van der Waals surface area contributed by atoms with Crippen molar-refractivity contribution >= 4 is 11.3 Å². The number of aromatic nitrogens is 1. The van der Waals surface area contributed by atoms with Gasteiger partial charge in [0.25, 0.3) is 0 Å². The molecule has 2 unspecified atom stereocenters. The summed E-state index contributed by atoms with van der Waals surface area (Å²) in [5.74, 6) is 2.35. The Hall–Kier alpha value is -0.410. The maximum absolute atomic E-state index is 4.70. The average Bonchev–Trinajstić information content (AvgIpc) is 2.81. The molecule has 0 spiro atoms. The van der Waals surface area contributed by atoms with Gasteiger partial charge in [-0.2, -0.15) is 0 Å². The lowest BCUT2D eigenvalue weighted by atomic mass is 10.2. The molecule has 0 aliphatic heterocycles. The molecule has 0 amide bonds. The van der Waals surface area contributed by atoms with Crippen molar-refractivity contribution in [1.82, 2.24) is 10.3 Å². The first-order chi connectivity index (χ1) is 7.58. The Morgan fingerprint density at radius 1 is 1.50 bits per heavy atom. The van der Waals surface area contributed by atoms with Gasteiger partial charge in [0, 0.05) is 17.3 Å². The summed E-state index contributed by atoms with van der Waals surface area (Å²) >= 11 is 1.91. The van der Waals surface area contributed by atoms with E-state index in [4.69, 9.17) is 4.98 Å². The third-order valence-corrected chi connectivity index (χ3v) is 4.46. The van der Waals surface area contributed by atoms with Crippen LogP contribution in [-0.2, 0) is 6.54 Å². The fourth-order valence-electron chi connectivity index (χ4n) is 1.91. The Labute approximate surface area is 102 Å². The van der Waals surface area contributed by atoms with Crippen LogP contribution in [0.2, 0.25) is 0 Å². The van der Waals surface area contributed by atoms with E-state index in [1.807, 2.05) is 11.3 Å². The van der Waals surface area contributed by atoms with Crippen LogP contribution < -0.4 is 5.32 Å². The monoisotopic (exact) mass is 238 g/mol. The fourth-order valence-corrected chi connectivity index (χ4v) is 3.20. The molecule has 1 aromatic rings. The van der Waals surface area contributed by atoms with Crippen molar-refractivity contribution in [2.24, 2.45) is 11.8 Å². The van der Waals surface area contributed by atoms with Gasteiger partial charge in [0.15, 0.2) is 0 Å². The second-order valence-electron chi connectivity index (χ2n) is 5.40. The molecule has 90 valence electrons. The molecular formula is C13H22N2S. The van der Waals surface area contributed by atoms with E-state index < -0.39 is 0 Å². The summed E-state index contributed by atoms with van der Waals surface area (Å²) in [6, 6.07) is 0. The summed E-state index contributed by atoms with van der Waals surface area (Å²) in [6.07, 6.45) is 1.34. The predicted molar refractivity (Wildman–Crippen MR) is 69.9 cm³/mol. The molecule has 2 atom stereocenters. The Morgan fingerprint density at radius 3 is 2.75 bits per heavy atom. The topological polar surface area (TPSA) is 24.9 Å². The molecule has 2 nitrogen and oxygen atoms in total. The number of hydrogen-bond donors (Lipinski definition) is 1. The van der Waals surface area contributed by atoms with Gasteiger partial charge in [-0.15, -0.1) is 11.3 Å². The number of nitrogens with zero attached hydrogens (tertiary/aromatic N) is 1. The first kappa shape index (κ1) is 12.1.